The number of amides is 1. The Bertz CT molecular complexity index is 1400. The zero-order valence-corrected chi connectivity index (χ0v) is 23.2. The molecule has 0 fully saturated rings. The molecule has 11 heteroatoms. The standard InChI is InChI=1S/C28H33N3O3.C2HF3O2/c1-4-14-29(18-21-10-12-23(13-11-21)22-8-6-5-7-9-22)19-24-17-25(32)27(33)26-28(34)30(20(2)3)15-16-31(24)26;3-2(4,5)1(6)7/h5-13,17,20,33H,4,14-16,18-19H2,1-3H3;(H,6,7). The monoisotopic (exact) mass is 573 g/mol. The third-order valence-corrected chi connectivity index (χ3v) is 6.66. The molecule has 1 aliphatic rings. The first kappa shape index (κ1) is 31.4. The Morgan fingerprint density at radius 1 is 0.976 bits per heavy atom. The van der Waals surface area contributed by atoms with Gasteiger partial charge in [0.2, 0.25) is 5.43 Å². The number of carbonyl (C=O) groups excluding carboxylic acids is 1. The molecule has 2 N–H and O–H groups in total. The lowest BCUT2D eigenvalue weighted by Gasteiger charge is -2.35. The van der Waals surface area contributed by atoms with Crippen LogP contribution in [0.3, 0.4) is 0 Å². The second kappa shape index (κ2) is 13.5. The lowest BCUT2D eigenvalue weighted by Crippen LogP contribution is -2.46. The van der Waals surface area contributed by atoms with Crippen molar-refractivity contribution in [3.05, 3.63) is 87.8 Å². The van der Waals surface area contributed by atoms with Crippen LogP contribution in [0.15, 0.2) is 65.5 Å². The summed E-state index contributed by atoms with van der Waals surface area (Å²) < 4.78 is 33.6. The molecule has 0 saturated heterocycles. The van der Waals surface area contributed by atoms with Gasteiger partial charge in [0.1, 0.15) is 0 Å². The minimum absolute atomic E-state index is 0.00913. The smallest absolute Gasteiger partial charge is 0.490 e. The first-order valence-corrected chi connectivity index (χ1v) is 13.3. The molecular weight excluding hydrogens is 539 g/mol. The first-order valence-electron chi connectivity index (χ1n) is 13.3. The van der Waals surface area contributed by atoms with Crippen LogP contribution >= 0.6 is 0 Å². The van der Waals surface area contributed by atoms with Crippen LogP contribution in [0.2, 0.25) is 0 Å². The topological polar surface area (TPSA) is 103 Å². The van der Waals surface area contributed by atoms with Gasteiger partial charge in [0.25, 0.3) is 5.91 Å². The maximum atomic E-state index is 13.0. The lowest BCUT2D eigenvalue weighted by atomic mass is 10.0. The van der Waals surface area contributed by atoms with Crippen LogP contribution in [0.4, 0.5) is 13.2 Å². The van der Waals surface area contributed by atoms with Crippen LogP contribution in [-0.4, -0.2) is 61.8 Å². The van der Waals surface area contributed by atoms with Crippen molar-refractivity contribution in [3.63, 3.8) is 0 Å². The van der Waals surface area contributed by atoms with Crippen molar-refractivity contribution >= 4 is 11.9 Å². The van der Waals surface area contributed by atoms with Crippen molar-refractivity contribution in [2.45, 2.75) is 59.0 Å². The van der Waals surface area contributed by atoms with E-state index in [9.17, 15) is 27.9 Å². The molecule has 0 spiro atoms. The minimum atomic E-state index is -5.08. The summed E-state index contributed by atoms with van der Waals surface area (Å²) in [5.41, 5.74) is 3.95. The third-order valence-electron chi connectivity index (χ3n) is 6.66. The molecule has 4 rings (SSSR count). The number of halogens is 3. The minimum Gasteiger partial charge on any atom is -0.503 e. The van der Waals surface area contributed by atoms with Gasteiger partial charge in [-0.15, -0.1) is 0 Å². The van der Waals surface area contributed by atoms with Gasteiger partial charge in [-0.3, -0.25) is 14.5 Å². The van der Waals surface area contributed by atoms with Crippen molar-refractivity contribution in [1.29, 1.82) is 0 Å². The fraction of sp³-hybridized carbons (Fsp3) is 0.367. The number of hydrogen-bond acceptors (Lipinski definition) is 5. The second-order valence-corrected chi connectivity index (χ2v) is 10.0. The Balaban J connectivity index is 0.000000587. The van der Waals surface area contributed by atoms with Gasteiger partial charge in [0, 0.05) is 44.0 Å². The number of aromatic hydroxyl groups is 1. The van der Waals surface area contributed by atoms with Crippen LogP contribution < -0.4 is 5.43 Å². The van der Waals surface area contributed by atoms with Gasteiger partial charge in [-0.2, -0.15) is 13.2 Å². The molecule has 0 atom stereocenters. The Morgan fingerprint density at radius 2 is 1.56 bits per heavy atom. The van der Waals surface area contributed by atoms with Crippen molar-refractivity contribution in [2.24, 2.45) is 0 Å². The van der Waals surface area contributed by atoms with E-state index >= 15 is 0 Å². The van der Waals surface area contributed by atoms with E-state index in [-0.39, 0.29) is 17.6 Å². The van der Waals surface area contributed by atoms with E-state index in [0.717, 1.165) is 25.2 Å². The van der Waals surface area contributed by atoms with Gasteiger partial charge >= 0.3 is 12.1 Å². The van der Waals surface area contributed by atoms with E-state index in [1.54, 1.807) is 4.90 Å². The van der Waals surface area contributed by atoms with Crippen LogP contribution in [0.25, 0.3) is 11.1 Å². The molecule has 0 radical (unpaired) electrons. The fourth-order valence-electron chi connectivity index (χ4n) is 4.68. The molecule has 0 saturated carbocycles. The number of nitrogens with zero attached hydrogens (tertiary/aromatic N) is 3. The lowest BCUT2D eigenvalue weighted by molar-refractivity contribution is -0.192. The highest BCUT2D eigenvalue weighted by Crippen LogP contribution is 2.24. The Kier molecular flexibility index (Phi) is 10.3. The summed E-state index contributed by atoms with van der Waals surface area (Å²) in [6, 6.07) is 20.4. The van der Waals surface area contributed by atoms with Gasteiger partial charge < -0.3 is 19.7 Å². The van der Waals surface area contributed by atoms with E-state index in [1.165, 1.54) is 22.8 Å². The summed E-state index contributed by atoms with van der Waals surface area (Å²) >= 11 is 0. The summed E-state index contributed by atoms with van der Waals surface area (Å²) in [5.74, 6) is -3.48. The van der Waals surface area contributed by atoms with Crippen molar-refractivity contribution in [3.8, 4) is 16.9 Å². The molecule has 0 bridgehead atoms. The zero-order valence-electron chi connectivity index (χ0n) is 23.2. The number of fused-ring (bicyclic) bond motifs is 1. The number of pyridine rings is 1. The molecule has 220 valence electrons. The predicted molar refractivity (Wildman–Crippen MR) is 149 cm³/mol. The molecule has 41 heavy (non-hydrogen) atoms. The summed E-state index contributed by atoms with van der Waals surface area (Å²) in [7, 11) is 0. The molecule has 1 amide bonds. The van der Waals surface area contributed by atoms with Crippen molar-refractivity contribution < 1.29 is 33.0 Å². The number of aliphatic carboxylic acids is 1. The highest BCUT2D eigenvalue weighted by Gasteiger charge is 2.38. The van der Waals surface area contributed by atoms with Gasteiger partial charge in [0.15, 0.2) is 11.4 Å². The van der Waals surface area contributed by atoms with Crippen molar-refractivity contribution in [1.82, 2.24) is 14.4 Å². The number of hydrogen-bond donors (Lipinski definition) is 2. The molecule has 0 unspecified atom stereocenters. The molecule has 3 aromatic rings. The molecule has 1 aliphatic heterocycles. The number of rotatable bonds is 8. The number of aromatic nitrogens is 1. The Morgan fingerprint density at radius 3 is 2.10 bits per heavy atom. The molecule has 2 aromatic carbocycles. The largest absolute Gasteiger partial charge is 0.503 e. The maximum absolute atomic E-state index is 13.0. The van der Waals surface area contributed by atoms with Gasteiger partial charge in [-0.25, -0.2) is 4.79 Å². The number of benzene rings is 2. The van der Waals surface area contributed by atoms with E-state index < -0.39 is 23.3 Å². The summed E-state index contributed by atoms with van der Waals surface area (Å²) in [6.45, 7) is 9.27. The highest BCUT2D eigenvalue weighted by atomic mass is 19.4. The van der Waals surface area contributed by atoms with Gasteiger partial charge in [-0.1, -0.05) is 61.5 Å². The van der Waals surface area contributed by atoms with Crippen LogP contribution in [0.1, 0.15) is 48.9 Å². The van der Waals surface area contributed by atoms with Crippen LogP contribution in [0.5, 0.6) is 5.75 Å². The summed E-state index contributed by atoms with van der Waals surface area (Å²) in [4.78, 5) is 38.5. The van der Waals surface area contributed by atoms with Crippen molar-refractivity contribution in [2.75, 3.05) is 13.1 Å². The average molecular weight is 574 g/mol. The van der Waals surface area contributed by atoms with Gasteiger partial charge in [0.05, 0.1) is 0 Å². The van der Waals surface area contributed by atoms with Crippen LogP contribution in [0, 0.1) is 0 Å². The maximum Gasteiger partial charge on any atom is 0.490 e. The van der Waals surface area contributed by atoms with E-state index in [1.807, 2.05) is 36.6 Å². The van der Waals surface area contributed by atoms with Gasteiger partial charge in [-0.05, 0) is 43.5 Å². The molecule has 0 aliphatic carbocycles. The normalized spacial score (nSPS) is 13.2. The van der Waals surface area contributed by atoms with E-state index in [0.29, 0.717) is 19.6 Å². The van der Waals surface area contributed by atoms with Crippen LogP contribution in [-0.2, 0) is 24.4 Å². The third kappa shape index (κ3) is 7.97. The summed E-state index contributed by atoms with van der Waals surface area (Å²) in [6.07, 6.45) is -4.11. The first-order chi connectivity index (χ1) is 19.3. The quantitative estimate of drug-likeness (QED) is 0.387. The number of alkyl halides is 3. The molecule has 8 nitrogen and oxygen atoms in total. The van der Waals surface area contributed by atoms with E-state index in [4.69, 9.17) is 9.90 Å². The molecule has 2 heterocycles. The number of carboxylic acid groups (broad SMARTS) is 1. The number of carbonyl (C=O) groups is 2. The SMILES string of the molecule is CCCN(Cc1ccc(-c2ccccc2)cc1)Cc1cc(=O)c(O)c2n1CCN(C(C)C)C2=O.O=C(O)C(F)(F)F. The molecular formula is C30H34F3N3O5. The number of carboxylic acids is 1. The molecule has 1 aromatic heterocycles. The predicted octanol–water partition coefficient (Wildman–Crippen LogP) is 5.13. The second-order valence-electron chi connectivity index (χ2n) is 10.0. The average Bonchev–Trinajstić information content (AvgIpc) is 2.92. The fourth-order valence-corrected chi connectivity index (χ4v) is 4.68. The van der Waals surface area contributed by atoms with E-state index in [2.05, 4.69) is 48.2 Å². The zero-order chi connectivity index (χ0) is 30.3. The summed E-state index contributed by atoms with van der Waals surface area (Å²) in [5, 5.41) is 17.6. The Labute approximate surface area is 236 Å². The Hall–Kier alpha value is -4.12. The highest BCUT2D eigenvalue weighted by molar-refractivity contribution is 5.96.